The SMILES string of the molecule is N#C[C@@H]1CC(c2ccccc2)=NN1c1c(F)c(F)c(Cl)c(F)c1F. The van der Waals surface area contributed by atoms with Crippen molar-refractivity contribution < 1.29 is 17.6 Å². The molecule has 0 amide bonds. The van der Waals surface area contributed by atoms with Gasteiger partial charge in [0.1, 0.15) is 16.8 Å². The molecule has 0 spiro atoms. The zero-order chi connectivity index (χ0) is 17.4. The number of halogens is 5. The summed E-state index contributed by atoms with van der Waals surface area (Å²) in [6, 6.07) is 9.33. The van der Waals surface area contributed by atoms with Crippen molar-refractivity contribution in [2.24, 2.45) is 5.10 Å². The second-order valence-electron chi connectivity index (χ2n) is 5.02. The summed E-state index contributed by atoms with van der Waals surface area (Å²) in [7, 11) is 0. The maximum absolute atomic E-state index is 14.1. The van der Waals surface area contributed by atoms with Crippen molar-refractivity contribution in [2.75, 3.05) is 5.01 Å². The number of nitrogens with zero attached hydrogens (tertiary/aromatic N) is 3. The molecule has 24 heavy (non-hydrogen) atoms. The summed E-state index contributed by atoms with van der Waals surface area (Å²) in [4.78, 5) is 0. The van der Waals surface area contributed by atoms with Crippen LogP contribution in [0.25, 0.3) is 0 Å². The minimum atomic E-state index is -1.73. The Hall–Kier alpha value is -2.59. The highest BCUT2D eigenvalue weighted by atomic mass is 35.5. The van der Waals surface area contributed by atoms with Crippen LogP contribution in [0, 0.1) is 34.6 Å². The lowest BCUT2D eigenvalue weighted by Crippen LogP contribution is -2.27. The van der Waals surface area contributed by atoms with Crippen LogP contribution in [0.15, 0.2) is 35.4 Å². The highest BCUT2D eigenvalue weighted by Crippen LogP contribution is 2.36. The number of nitriles is 1. The van der Waals surface area contributed by atoms with E-state index in [2.05, 4.69) is 5.10 Å². The largest absolute Gasteiger partial charge is 0.241 e. The smallest absolute Gasteiger partial charge is 0.188 e. The molecule has 0 aromatic heterocycles. The summed E-state index contributed by atoms with van der Waals surface area (Å²) in [5.74, 6) is -6.86. The number of hydrogen-bond donors (Lipinski definition) is 0. The summed E-state index contributed by atoms with van der Waals surface area (Å²) in [6.07, 6.45) is 0.0469. The first-order valence-corrected chi connectivity index (χ1v) is 7.16. The maximum Gasteiger partial charge on any atom is 0.188 e. The van der Waals surface area contributed by atoms with Crippen LogP contribution in [0.2, 0.25) is 5.02 Å². The van der Waals surface area contributed by atoms with Crippen LogP contribution < -0.4 is 5.01 Å². The zero-order valence-corrected chi connectivity index (χ0v) is 12.7. The molecule has 1 atom stereocenters. The Morgan fingerprint density at radius 1 is 1.04 bits per heavy atom. The molecule has 2 aromatic rings. The predicted octanol–water partition coefficient (Wildman–Crippen LogP) is 4.40. The molecule has 2 aromatic carbocycles. The van der Waals surface area contributed by atoms with Gasteiger partial charge in [0.2, 0.25) is 0 Å². The molecule has 1 heterocycles. The molecule has 1 aliphatic rings. The molecular formula is C16H8ClF4N3. The highest BCUT2D eigenvalue weighted by Gasteiger charge is 2.36. The third kappa shape index (κ3) is 2.49. The van der Waals surface area contributed by atoms with Gasteiger partial charge in [-0.25, -0.2) is 22.6 Å². The number of benzene rings is 2. The fourth-order valence-electron chi connectivity index (χ4n) is 2.42. The first-order valence-electron chi connectivity index (χ1n) is 6.79. The Morgan fingerprint density at radius 3 is 2.17 bits per heavy atom. The van der Waals surface area contributed by atoms with Gasteiger partial charge in [0.25, 0.3) is 0 Å². The average Bonchev–Trinajstić information content (AvgIpc) is 3.03. The van der Waals surface area contributed by atoms with Crippen LogP contribution in [0.5, 0.6) is 0 Å². The first-order chi connectivity index (χ1) is 11.5. The van der Waals surface area contributed by atoms with Gasteiger partial charge in [-0.3, -0.25) is 0 Å². The van der Waals surface area contributed by atoms with Crippen LogP contribution in [-0.2, 0) is 0 Å². The molecule has 0 fully saturated rings. The van der Waals surface area contributed by atoms with Crippen LogP contribution in [0.3, 0.4) is 0 Å². The summed E-state index contributed by atoms with van der Waals surface area (Å²) >= 11 is 5.21. The minimum Gasteiger partial charge on any atom is -0.241 e. The van der Waals surface area contributed by atoms with Gasteiger partial charge in [-0.2, -0.15) is 10.4 Å². The summed E-state index contributed by atoms with van der Waals surface area (Å²) in [5.41, 5.74) is -0.0698. The van der Waals surface area contributed by atoms with Gasteiger partial charge in [-0.1, -0.05) is 41.9 Å². The van der Waals surface area contributed by atoms with E-state index in [4.69, 9.17) is 11.6 Å². The van der Waals surface area contributed by atoms with Gasteiger partial charge in [-0.15, -0.1) is 0 Å². The van der Waals surface area contributed by atoms with E-state index in [0.29, 0.717) is 16.3 Å². The van der Waals surface area contributed by atoms with E-state index >= 15 is 0 Å². The van der Waals surface area contributed by atoms with Gasteiger partial charge in [0.05, 0.1) is 11.8 Å². The molecule has 0 saturated carbocycles. The first kappa shape index (κ1) is 16.3. The molecule has 0 radical (unpaired) electrons. The second-order valence-corrected chi connectivity index (χ2v) is 5.40. The Bertz CT molecular complexity index is 848. The van der Waals surface area contributed by atoms with Gasteiger partial charge in [0, 0.05) is 6.42 Å². The molecule has 3 nitrogen and oxygen atoms in total. The van der Waals surface area contributed by atoms with E-state index < -0.39 is 40.0 Å². The number of anilines is 1. The van der Waals surface area contributed by atoms with Gasteiger partial charge in [0.15, 0.2) is 23.3 Å². The van der Waals surface area contributed by atoms with Crippen molar-refractivity contribution in [2.45, 2.75) is 12.5 Å². The Kier molecular flexibility index (Phi) is 4.16. The standard InChI is InChI=1S/C16H8ClF4N3/c17-11-12(18)14(20)16(15(21)13(11)19)24-9(7-22)6-10(23-24)8-4-2-1-3-5-8/h1-5,9H,6H2/t9-/m0/s1. The van der Waals surface area contributed by atoms with Crippen LogP contribution >= 0.6 is 11.6 Å². The predicted molar refractivity (Wildman–Crippen MR) is 80.8 cm³/mol. The molecule has 8 heteroatoms. The molecule has 3 rings (SSSR count). The normalized spacial score (nSPS) is 16.9. The van der Waals surface area contributed by atoms with E-state index in [1.54, 1.807) is 30.3 Å². The Labute approximate surface area is 139 Å². The quantitative estimate of drug-likeness (QED) is 0.456. The van der Waals surface area contributed by atoms with Crippen molar-refractivity contribution in [3.8, 4) is 6.07 Å². The molecule has 0 N–H and O–H groups in total. The molecule has 0 unspecified atom stereocenters. The summed E-state index contributed by atoms with van der Waals surface area (Å²) in [6.45, 7) is 0. The number of hydrogen-bond acceptors (Lipinski definition) is 3. The zero-order valence-electron chi connectivity index (χ0n) is 11.9. The third-order valence-electron chi connectivity index (χ3n) is 3.58. The minimum absolute atomic E-state index is 0.0469. The van der Waals surface area contributed by atoms with E-state index in [-0.39, 0.29) is 6.42 Å². The van der Waals surface area contributed by atoms with Gasteiger partial charge < -0.3 is 0 Å². The molecule has 1 aliphatic heterocycles. The Balaban J connectivity index is 2.15. The lowest BCUT2D eigenvalue weighted by atomic mass is 10.0. The molecular weight excluding hydrogens is 346 g/mol. The molecule has 0 bridgehead atoms. The lowest BCUT2D eigenvalue weighted by molar-refractivity contribution is 0.451. The topological polar surface area (TPSA) is 39.4 Å². The Morgan fingerprint density at radius 2 is 1.62 bits per heavy atom. The van der Waals surface area contributed by atoms with E-state index in [1.165, 1.54) is 0 Å². The van der Waals surface area contributed by atoms with E-state index in [1.807, 2.05) is 6.07 Å². The van der Waals surface area contributed by atoms with Crippen molar-refractivity contribution >= 4 is 23.0 Å². The molecule has 0 saturated heterocycles. The summed E-state index contributed by atoms with van der Waals surface area (Å²) < 4.78 is 55.5. The van der Waals surface area contributed by atoms with E-state index in [9.17, 15) is 22.8 Å². The lowest BCUT2D eigenvalue weighted by Gasteiger charge is -2.20. The van der Waals surface area contributed by atoms with Crippen molar-refractivity contribution in [1.82, 2.24) is 0 Å². The number of rotatable bonds is 2. The van der Waals surface area contributed by atoms with Crippen LogP contribution in [0.1, 0.15) is 12.0 Å². The fourth-order valence-corrected chi connectivity index (χ4v) is 2.58. The van der Waals surface area contributed by atoms with Crippen LogP contribution in [0.4, 0.5) is 23.2 Å². The third-order valence-corrected chi connectivity index (χ3v) is 3.91. The van der Waals surface area contributed by atoms with Crippen molar-refractivity contribution in [1.29, 1.82) is 5.26 Å². The average molecular weight is 354 g/mol. The maximum atomic E-state index is 14.1. The van der Waals surface area contributed by atoms with Gasteiger partial charge in [-0.05, 0) is 5.56 Å². The van der Waals surface area contributed by atoms with Crippen molar-refractivity contribution in [3.63, 3.8) is 0 Å². The molecule has 122 valence electrons. The molecule has 0 aliphatic carbocycles. The summed E-state index contributed by atoms with van der Waals surface area (Å²) in [5, 5.41) is 12.6. The fraction of sp³-hybridized carbons (Fsp3) is 0.125. The van der Waals surface area contributed by atoms with Gasteiger partial charge >= 0.3 is 0 Å². The van der Waals surface area contributed by atoms with E-state index in [0.717, 1.165) is 0 Å². The second kappa shape index (κ2) is 6.13. The highest BCUT2D eigenvalue weighted by molar-refractivity contribution is 6.31. The monoisotopic (exact) mass is 353 g/mol. The van der Waals surface area contributed by atoms with Crippen LogP contribution in [-0.4, -0.2) is 11.8 Å². The van der Waals surface area contributed by atoms with Crippen molar-refractivity contribution in [3.05, 3.63) is 64.2 Å². The number of hydrazone groups is 1.